The number of amides is 4. The van der Waals surface area contributed by atoms with Crippen LogP contribution in [0.5, 0.6) is 0 Å². The van der Waals surface area contributed by atoms with Crippen LogP contribution in [-0.4, -0.2) is 27.8 Å². The number of anilines is 1. The molecule has 0 aromatic carbocycles. The zero-order valence-electron chi connectivity index (χ0n) is 11.5. The molecule has 1 N–H and O–H groups in total. The first-order chi connectivity index (χ1) is 10.1. The number of nitrogens with one attached hydrogen (secondary N) is 1. The molecule has 7 nitrogen and oxygen atoms in total. The van der Waals surface area contributed by atoms with Crippen LogP contribution in [-0.2, 0) is 9.59 Å². The summed E-state index contributed by atoms with van der Waals surface area (Å²) in [6.07, 6.45) is 8.70. The summed E-state index contributed by atoms with van der Waals surface area (Å²) in [5.41, 5.74) is -0.837. The van der Waals surface area contributed by atoms with E-state index in [1.54, 1.807) is 0 Å². The Morgan fingerprint density at radius 2 is 1.62 bits per heavy atom. The Kier molecular flexibility index (Phi) is 3.40. The number of hydrogen-bond acceptors (Lipinski definition) is 5. The van der Waals surface area contributed by atoms with Crippen molar-refractivity contribution in [3.8, 4) is 0 Å². The van der Waals surface area contributed by atoms with E-state index in [-0.39, 0.29) is 5.69 Å². The average Bonchev–Trinajstić information content (AvgIpc) is 2.74. The number of rotatable bonds is 1. The number of urea groups is 1. The summed E-state index contributed by atoms with van der Waals surface area (Å²) in [7, 11) is 0. The van der Waals surface area contributed by atoms with Crippen LogP contribution in [0.25, 0.3) is 0 Å². The number of barbiturate groups is 1. The normalized spacial score (nSPS) is 22.1. The summed E-state index contributed by atoms with van der Waals surface area (Å²) >= 11 is 0. The Hall–Kier alpha value is -2.31. The summed E-state index contributed by atoms with van der Waals surface area (Å²) < 4.78 is 0. The highest BCUT2D eigenvalue weighted by Crippen LogP contribution is 2.40. The fourth-order valence-corrected chi connectivity index (χ4v) is 3.09. The van der Waals surface area contributed by atoms with Crippen LogP contribution in [0, 0.1) is 5.41 Å². The van der Waals surface area contributed by atoms with Gasteiger partial charge in [0.15, 0.2) is 0 Å². The predicted molar refractivity (Wildman–Crippen MR) is 73.2 cm³/mol. The molecule has 1 aromatic heterocycles. The molecule has 0 atom stereocenters. The van der Waals surface area contributed by atoms with Crippen molar-refractivity contribution < 1.29 is 14.4 Å². The van der Waals surface area contributed by atoms with Gasteiger partial charge in [-0.1, -0.05) is 25.7 Å². The largest absolute Gasteiger partial charge is 0.335 e. The Morgan fingerprint density at radius 1 is 1.00 bits per heavy atom. The second kappa shape index (κ2) is 5.23. The van der Waals surface area contributed by atoms with E-state index in [9.17, 15) is 14.4 Å². The maximum absolute atomic E-state index is 12.9. The maximum atomic E-state index is 12.9. The molecule has 1 saturated heterocycles. The molecule has 0 unspecified atom stereocenters. The highest BCUT2D eigenvalue weighted by molar-refractivity contribution is 6.29. The number of aromatic nitrogens is 2. The summed E-state index contributed by atoms with van der Waals surface area (Å²) in [5, 5.41) is 2.32. The van der Waals surface area contributed by atoms with Crippen LogP contribution in [0.1, 0.15) is 38.5 Å². The van der Waals surface area contributed by atoms with Crippen LogP contribution in [0.2, 0.25) is 0 Å². The lowest BCUT2D eigenvalue weighted by Gasteiger charge is -2.38. The molecule has 2 heterocycles. The second-order valence-corrected chi connectivity index (χ2v) is 5.49. The first-order valence-electron chi connectivity index (χ1n) is 7.10. The van der Waals surface area contributed by atoms with Gasteiger partial charge in [-0.2, -0.15) is 0 Å². The molecule has 3 rings (SSSR count). The zero-order chi connectivity index (χ0) is 14.9. The summed E-state index contributed by atoms with van der Waals surface area (Å²) in [4.78, 5) is 45.9. The highest BCUT2D eigenvalue weighted by atomic mass is 16.2. The quantitative estimate of drug-likeness (QED) is 0.788. The van der Waals surface area contributed by atoms with Crippen LogP contribution in [0.3, 0.4) is 0 Å². The topological polar surface area (TPSA) is 92.3 Å². The molecule has 1 saturated carbocycles. The molecule has 4 amide bonds. The zero-order valence-corrected chi connectivity index (χ0v) is 11.5. The Labute approximate surface area is 121 Å². The van der Waals surface area contributed by atoms with Gasteiger partial charge in [-0.25, -0.2) is 19.7 Å². The fourth-order valence-electron chi connectivity index (χ4n) is 3.09. The van der Waals surface area contributed by atoms with E-state index >= 15 is 0 Å². The van der Waals surface area contributed by atoms with E-state index < -0.39 is 23.3 Å². The number of hydrogen-bond donors (Lipinski definition) is 1. The van der Waals surface area contributed by atoms with E-state index in [0.29, 0.717) is 12.8 Å². The predicted octanol–water partition coefficient (Wildman–Crippen LogP) is 1.40. The van der Waals surface area contributed by atoms with E-state index in [1.165, 1.54) is 18.7 Å². The minimum Gasteiger partial charge on any atom is -0.276 e. The summed E-state index contributed by atoms with van der Waals surface area (Å²) in [5.74, 6) is -0.916. The van der Waals surface area contributed by atoms with Gasteiger partial charge in [0.25, 0.3) is 5.91 Å². The van der Waals surface area contributed by atoms with Crippen molar-refractivity contribution >= 4 is 23.5 Å². The molecular weight excluding hydrogens is 272 g/mol. The molecular formula is C14H16N4O3. The van der Waals surface area contributed by atoms with E-state index in [0.717, 1.165) is 30.6 Å². The van der Waals surface area contributed by atoms with Crippen LogP contribution >= 0.6 is 0 Å². The van der Waals surface area contributed by atoms with Gasteiger partial charge in [0.1, 0.15) is 11.7 Å². The van der Waals surface area contributed by atoms with Gasteiger partial charge in [-0.15, -0.1) is 0 Å². The highest BCUT2D eigenvalue weighted by Gasteiger charge is 2.53. The molecule has 1 aromatic rings. The minimum absolute atomic E-state index is 0.288. The molecule has 21 heavy (non-hydrogen) atoms. The smallest absolute Gasteiger partial charge is 0.276 e. The average molecular weight is 288 g/mol. The standard InChI is InChI=1S/C14H16N4O3/c19-11-14(5-3-1-2-4-6-14)12(20)18(13(21)17-11)10-7-15-9-16-8-10/h7-9H,1-6H2,(H,17,19,21). The Morgan fingerprint density at radius 3 is 2.24 bits per heavy atom. The Balaban J connectivity index is 2.01. The van der Waals surface area contributed by atoms with E-state index in [2.05, 4.69) is 15.3 Å². The van der Waals surface area contributed by atoms with Crippen molar-refractivity contribution in [2.45, 2.75) is 38.5 Å². The lowest BCUT2D eigenvalue weighted by atomic mass is 9.77. The third-order valence-electron chi connectivity index (χ3n) is 4.23. The van der Waals surface area contributed by atoms with Crippen molar-refractivity contribution in [2.24, 2.45) is 5.41 Å². The molecule has 2 aliphatic rings. The van der Waals surface area contributed by atoms with E-state index in [4.69, 9.17) is 0 Å². The van der Waals surface area contributed by atoms with Crippen LogP contribution in [0.4, 0.5) is 10.5 Å². The molecule has 110 valence electrons. The van der Waals surface area contributed by atoms with Crippen LogP contribution < -0.4 is 10.2 Å². The van der Waals surface area contributed by atoms with Gasteiger partial charge in [-0.3, -0.25) is 14.9 Å². The van der Waals surface area contributed by atoms with Gasteiger partial charge < -0.3 is 0 Å². The molecule has 1 aliphatic heterocycles. The summed E-state index contributed by atoms with van der Waals surface area (Å²) in [6, 6.07) is -0.727. The molecule has 1 aliphatic carbocycles. The molecule has 7 heteroatoms. The van der Waals surface area contributed by atoms with Gasteiger partial charge in [0, 0.05) is 0 Å². The third-order valence-corrected chi connectivity index (χ3v) is 4.23. The SMILES string of the molecule is O=C1NC(=O)C2(CCCCCC2)C(=O)N1c1cncnc1. The molecule has 2 fully saturated rings. The van der Waals surface area contributed by atoms with Gasteiger partial charge in [-0.05, 0) is 12.8 Å². The maximum Gasteiger partial charge on any atom is 0.335 e. The fraction of sp³-hybridized carbons (Fsp3) is 0.500. The number of carbonyl (C=O) groups is 3. The first kappa shape index (κ1) is 13.7. The van der Waals surface area contributed by atoms with E-state index in [1.807, 2.05) is 0 Å². The number of carbonyl (C=O) groups excluding carboxylic acids is 3. The second-order valence-electron chi connectivity index (χ2n) is 5.49. The number of nitrogens with zero attached hydrogens (tertiary/aromatic N) is 3. The first-order valence-corrected chi connectivity index (χ1v) is 7.10. The van der Waals surface area contributed by atoms with Crippen molar-refractivity contribution in [3.05, 3.63) is 18.7 Å². The summed E-state index contributed by atoms with van der Waals surface area (Å²) in [6.45, 7) is 0. The van der Waals surface area contributed by atoms with Crippen molar-refractivity contribution in [1.82, 2.24) is 15.3 Å². The molecule has 1 spiro atoms. The van der Waals surface area contributed by atoms with Crippen molar-refractivity contribution in [2.75, 3.05) is 4.90 Å². The lowest BCUT2D eigenvalue weighted by Crippen LogP contribution is -2.64. The monoisotopic (exact) mass is 288 g/mol. The molecule has 0 bridgehead atoms. The minimum atomic E-state index is -1.12. The van der Waals surface area contributed by atoms with Gasteiger partial charge in [0.05, 0.1) is 18.1 Å². The Bertz CT molecular complexity index is 579. The van der Waals surface area contributed by atoms with Crippen molar-refractivity contribution in [1.29, 1.82) is 0 Å². The lowest BCUT2D eigenvalue weighted by molar-refractivity contribution is -0.143. The van der Waals surface area contributed by atoms with Crippen molar-refractivity contribution in [3.63, 3.8) is 0 Å². The van der Waals surface area contributed by atoms with Crippen LogP contribution in [0.15, 0.2) is 18.7 Å². The number of imide groups is 2. The van der Waals surface area contributed by atoms with Gasteiger partial charge in [0.2, 0.25) is 5.91 Å². The van der Waals surface area contributed by atoms with Gasteiger partial charge >= 0.3 is 6.03 Å². The molecule has 0 radical (unpaired) electrons. The third kappa shape index (κ3) is 2.18.